The van der Waals surface area contributed by atoms with Crippen LogP contribution in [0.15, 0.2) is 24.3 Å². The lowest BCUT2D eigenvalue weighted by Crippen LogP contribution is -2.49. The fraction of sp³-hybridized carbons (Fsp3) is 0.500. The number of nitrogens with zero attached hydrogens (tertiary/aromatic N) is 1. The number of carbonyl (C=O) groups excluding carboxylic acids is 2. The molecule has 1 aromatic rings. The Morgan fingerprint density at radius 3 is 2.43 bits per heavy atom. The molecule has 0 aliphatic heterocycles. The van der Waals surface area contributed by atoms with E-state index in [1.807, 2.05) is 6.07 Å². The van der Waals surface area contributed by atoms with Crippen molar-refractivity contribution in [1.29, 1.82) is 5.26 Å². The lowest BCUT2D eigenvalue weighted by molar-refractivity contribution is -0.120. The van der Waals surface area contributed by atoms with Crippen LogP contribution < -0.4 is 10.6 Å². The molecule has 5 heteroatoms. The van der Waals surface area contributed by atoms with Gasteiger partial charge in [-0.25, -0.2) is 0 Å². The van der Waals surface area contributed by atoms with Crippen LogP contribution in [0.25, 0.3) is 0 Å². The van der Waals surface area contributed by atoms with Gasteiger partial charge in [0.05, 0.1) is 12.6 Å². The van der Waals surface area contributed by atoms with Crippen molar-refractivity contribution in [2.45, 2.75) is 51.0 Å². The highest BCUT2D eigenvalue weighted by molar-refractivity contribution is 6.00. The van der Waals surface area contributed by atoms with Crippen LogP contribution in [0.1, 0.15) is 55.8 Å². The minimum atomic E-state index is -0.741. The molecule has 0 atom stereocenters. The lowest BCUT2D eigenvalue weighted by Gasteiger charge is -2.26. The van der Waals surface area contributed by atoms with Crippen molar-refractivity contribution in [2.24, 2.45) is 0 Å². The van der Waals surface area contributed by atoms with Gasteiger partial charge in [-0.05, 0) is 31.9 Å². The molecule has 0 bridgehead atoms. The van der Waals surface area contributed by atoms with Crippen LogP contribution in [0.5, 0.6) is 0 Å². The van der Waals surface area contributed by atoms with Crippen LogP contribution in [0.3, 0.4) is 0 Å². The first-order valence-corrected chi connectivity index (χ1v) is 8.12. The zero-order valence-electron chi connectivity index (χ0n) is 13.5. The van der Waals surface area contributed by atoms with Crippen molar-refractivity contribution in [1.82, 2.24) is 5.32 Å². The minimum absolute atomic E-state index is 0.0493. The predicted octanol–water partition coefficient (Wildman–Crippen LogP) is 3.03. The van der Waals surface area contributed by atoms with E-state index in [-0.39, 0.29) is 18.2 Å². The summed E-state index contributed by atoms with van der Waals surface area (Å²) < 4.78 is 0. The molecule has 0 radical (unpaired) electrons. The Hall–Kier alpha value is -2.35. The largest absolute Gasteiger partial charge is 0.376 e. The first kappa shape index (κ1) is 17.0. The van der Waals surface area contributed by atoms with E-state index < -0.39 is 5.54 Å². The van der Waals surface area contributed by atoms with Gasteiger partial charge in [0.15, 0.2) is 5.78 Å². The summed E-state index contributed by atoms with van der Waals surface area (Å²) in [5.74, 6) is -0.266. The van der Waals surface area contributed by atoms with E-state index in [9.17, 15) is 14.9 Å². The zero-order chi connectivity index (χ0) is 16.7. The van der Waals surface area contributed by atoms with Crippen molar-refractivity contribution in [3.05, 3.63) is 29.8 Å². The van der Waals surface area contributed by atoms with Gasteiger partial charge < -0.3 is 10.6 Å². The number of anilines is 1. The molecule has 2 N–H and O–H groups in total. The molecule has 1 aliphatic rings. The molecule has 0 saturated heterocycles. The Morgan fingerprint density at radius 2 is 1.83 bits per heavy atom. The number of nitriles is 1. The normalized spacial score (nSPS) is 16.7. The second-order valence-corrected chi connectivity index (χ2v) is 6.11. The van der Waals surface area contributed by atoms with E-state index in [4.69, 9.17) is 0 Å². The standard InChI is InChI=1S/C18H23N3O2/c1-14(22)15-8-4-5-9-16(15)20-12-17(23)21-18(13-19)10-6-2-3-7-11-18/h4-5,8-9,20H,2-3,6-7,10-12H2,1H3,(H,21,23). The van der Waals surface area contributed by atoms with Gasteiger partial charge in [-0.3, -0.25) is 9.59 Å². The number of ketones is 1. The van der Waals surface area contributed by atoms with Gasteiger partial charge in [-0.1, -0.05) is 37.8 Å². The third kappa shape index (κ3) is 4.56. The number of nitrogens with one attached hydrogen (secondary N) is 2. The summed E-state index contributed by atoms with van der Waals surface area (Å²) in [5.41, 5.74) is 0.460. The molecule has 2 rings (SSSR count). The topological polar surface area (TPSA) is 82.0 Å². The summed E-state index contributed by atoms with van der Waals surface area (Å²) in [6.45, 7) is 1.55. The average molecular weight is 313 g/mol. The number of benzene rings is 1. The maximum absolute atomic E-state index is 12.2. The first-order chi connectivity index (χ1) is 11.1. The molecule has 1 aliphatic carbocycles. The monoisotopic (exact) mass is 313 g/mol. The van der Waals surface area contributed by atoms with Crippen molar-refractivity contribution < 1.29 is 9.59 Å². The van der Waals surface area contributed by atoms with Gasteiger partial charge in [0.25, 0.3) is 0 Å². The fourth-order valence-electron chi connectivity index (χ4n) is 3.03. The fourth-order valence-corrected chi connectivity index (χ4v) is 3.03. The number of carbonyl (C=O) groups is 2. The van der Waals surface area contributed by atoms with E-state index in [2.05, 4.69) is 16.7 Å². The maximum atomic E-state index is 12.2. The smallest absolute Gasteiger partial charge is 0.240 e. The third-order valence-corrected chi connectivity index (χ3v) is 4.30. The van der Waals surface area contributed by atoms with Crippen molar-refractivity contribution >= 4 is 17.4 Å². The molecule has 1 aromatic carbocycles. The van der Waals surface area contributed by atoms with Crippen LogP contribution in [0.2, 0.25) is 0 Å². The van der Waals surface area contributed by atoms with E-state index >= 15 is 0 Å². The molecular weight excluding hydrogens is 290 g/mol. The lowest BCUT2D eigenvalue weighted by atomic mass is 9.92. The molecule has 1 saturated carbocycles. The quantitative estimate of drug-likeness (QED) is 0.646. The van der Waals surface area contributed by atoms with Crippen LogP contribution in [0.4, 0.5) is 5.69 Å². The molecule has 0 spiro atoms. The molecule has 23 heavy (non-hydrogen) atoms. The van der Waals surface area contributed by atoms with Gasteiger partial charge in [-0.15, -0.1) is 0 Å². The Bertz CT molecular complexity index is 611. The number of hydrogen-bond acceptors (Lipinski definition) is 4. The van der Waals surface area contributed by atoms with E-state index in [1.54, 1.807) is 18.2 Å². The second kappa shape index (κ2) is 7.77. The van der Waals surface area contributed by atoms with E-state index in [1.165, 1.54) is 6.92 Å². The van der Waals surface area contributed by atoms with Gasteiger partial charge in [0, 0.05) is 11.3 Å². The molecule has 0 heterocycles. The number of amides is 1. The highest BCUT2D eigenvalue weighted by atomic mass is 16.2. The van der Waals surface area contributed by atoms with Gasteiger partial charge >= 0.3 is 0 Å². The van der Waals surface area contributed by atoms with Crippen LogP contribution in [0, 0.1) is 11.3 Å². The number of para-hydroxylation sites is 1. The van der Waals surface area contributed by atoms with Crippen molar-refractivity contribution in [3.8, 4) is 6.07 Å². The van der Waals surface area contributed by atoms with Crippen LogP contribution in [-0.2, 0) is 4.79 Å². The molecule has 0 aromatic heterocycles. The maximum Gasteiger partial charge on any atom is 0.240 e. The SMILES string of the molecule is CC(=O)c1ccccc1NCC(=O)NC1(C#N)CCCCCC1. The molecule has 0 unspecified atom stereocenters. The van der Waals surface area contributed by atoms with Gasteiger partial charge in [0.2, 0.25) is 5.91 Å². The Labute approximate surface area is 137 Å². The van der Waals surface area contributed by atoms with Crippen molar-refractivity contribution in [2.75, 3.05) is 11.9 Å². The predicted molar refractivity (Wildman–Crippen MR) is 89.1 cm³/mol. The third-order valence-electron chi connectivity index (χ3n) is 4.30. The summed E-state index contributed by atoms with van der Waals surface area (Å²) in [5, 5.41) is 15.4. The Balaban J connectivity index is 1.97. The molecule has 1 amide bonds. The van der Waals surface area contributed by atoms with E-state index in [0.717, 1.165) is 25.7 Å². The average Bonchev–Trinajstić information content (AvgIpc) is 2.79. The summed E-state index contributed by atoms with van der Waals surface area (Å²) >= 11 is 0. The summed E-state index contributed by atoms with van der Waals surface area (Å²) in [4.78, 5) is 23.8. The highest BCUT2D eigenvalue weighted by Gasteiger charge is 2.32. The summed E-state index contributed by atoms with van der Waals surface area (Å²) in [6.07, 6.45) is 5.58. The van der Waals surface area contributed by atoms with Gasteiger partial charge in [-0.2, -0.15) is 5.26 Å². The molecule has 5 nitrogen and oxygen atoms in total. The number of Topliss-reactive ketones (excluding diaryl/α,β-unsaturated/α-hetero) is 1. The van der Waals surface area contributed by atoms with E-state index in [0.29, 0.717) is 24.1 Å². The highest BCUT2D eigenvalue weighted by Crippen LogP contribution is 2.26. The minimum Gasteiger partial charge on any atom is -0.376 e. The molecule has 122 valence electrons. The summed E-state index contributed by atoms with van der Waals surface area (Å²) in [6, 6.07) is 9.41. The number of rotatable bonds is 5. The molecule has 1 fully saturated rings. The van der Waals surface area contributed by atoms with Crippen LogP contribution in [-0.4, -0.2) is 23.8 Å². The Morgan fingerprint density at radius 1 is 1.17 bits per heavy atom. The first-order valence-electron chi connectivity index (χ1n) is 8.12. The van der Waals surface area contributed by atoms with Crippen LogP contribution >= 0.6 is 0 Å². The molecular formula is C18H23N3O2. The zero-order valence-corrected chi connectivity index (χ0v) is 13.5. The van der Waals surface area contributed by atoms with Crippen molar-refractivity contribution in [3.63, 3.8) is 0 Å². The van der Waals surface area contributed by atoms with Gasteiger partial charge in [0.1, 0.15) is 5.54 Å². The summed E-state index contributed by atoms with van der Waals surface area (Å²) in [7, 11) is 0. The second-order valence-electron chi connectivity index (χ2n) is 6.11. The number of hydrogen-bond donors (Lipinski definition) is 2. The Kier molecular flexibility index (Phi) is 5.75.